The van der Waals surface area contributed by atoms with Gasteiger partial charge in [-0.2, -0.15) is 5.26 Å². The number of ether oxygens (including phenoxy) is 1. The molecule has 1 aliphatic rings. The molecule has 1 aliphatic carbocycles. The third-order valence-corrected chi connectivity index (χ3v) is 3.56. The van der Waals surface area contributed by atoms with Crippen LogP contribution in [0.4, 0.5) is 0 Å². The summed E-state index contributed by atoms with van der Waals surface area (Å²) >= 11 is 0. The fourth-order valence-electron chi connectivity index (χ4n) is 2.19. The standard InChI is InChI=1S/C15H17NO2/c1-10-6-13(7-11(2)14(10)8-16)18-9-15(17)12-4-3-5-12/h6-7,12H,3-5,9H2,1-2H3. The van der Waals surface area contributed by atoms with Crippen LogP contribution in [-0.4, -0.2) is 12.4 Å². The van der Waals surface area contributed by atoms with Crippen molar-refractivity contribution in [1.29, 1.82) is 5.26 Å². The van der Waals surface area contributed by atoms with Gasteiger partial charge in [0.05, 0.1) is 11.6 Å². The molecule has 1 saturated carbocycles. The minimum atomic E-state index is 0.148. The van der Waals surface area contributed by atoms with E-state index in [2.05, 4.69) is 6.07 Å². The van der Waals surface area contributed by atoms with Crippen LogP contribution in [-0.2, 0) is 4.79 Å². The van der Waals surface area contributed by atoms with E-state index in [1.807, 2.05) is 26.0 Å². The molecule has 1 aromatic rings. The van der Waals surface area contributed by atoms with Gasteiger partial charge < -0.3 is 4.74 Å². The highest BCUT2D eigenvalue weighted by molar-refractivity contribution is 5.83. The minimum Gasteiger partial charge on any atom is -0.486 e. The van der Waals surface area contributed by atoms with Crippen LogP contribution < -0.4 is 4.74 Å². The topological polar surface area (TPSA) is 50.1 Å². The van der Waals surface area contributed by atoms with E-state index in [-0.39, 0.29) is 18.3 Å². The Hall–Kier alpha value is -1.82. The molecule has 1 fully saturated rings. The number of hydrogen-bond donors (Lipinski definition) is 0. The van der Waals surface area contributed by atoms with E-state index in [1.165, 1.54) is 0 Å². The molecule has 0 aromatic heterocycles. The largest absolute Gasteiger partial charge is 0.486 e. The van der Waals surface area contributed by atoms with E-state index in [4.69, 9.17) is 10.00 Å². The molecule has 0 spiro atoms. The van der Waals surface area contributed by atoms with Crippen LogP contribution in [0.2, 0.25) is 0 Å². The van der Waals surface area contributed by atoms with E-state index >= 15 is 0 Å². The molecule has 2 rings (SSSR count). The quantitative estimate of drug-likeness (QED) is 0.817. The van der Waals surface area contributed by atoms with Crippen LogP contribution in [0.5, 0.6) is 5.75 Å². The molecule has 3 heteroatoms. The summed E-state index contributed by atoms with van der Waals surface area (Å²) in [5, 5.41) is 8.98. The smallest absolute Gasteiger partial charge is 0.173 e. The molecule has 0 radical (unpaired) electrons. The van der Waals surface area contributed by atoms with Crippen molar-refractivity contribution in [3.63, 3.8) is 0 Å². The van der Waals surface area contributed by atoms with Gasteiger partial charge in [0, 0.05) is 5.92 Å². The van der Waals surface area contributed by atoms with Gasteiger partial charge in [-0.25, -0.2) is 0 Å². The number of rotatable bonds is 4. The number of carbonyl (C=O) groups excluding carboxylic acids is 1. The van der Waals surface area contributed by atoms with Gasteiger partial charge in [-0.1, -0.05) is 6.42 Å². The minimum absolute atomic E-state index is 0.148. The molecule has 0 amide bonds. The summed E-state index contributed by atoms with van der Waals surface area (Å²) < 4.78 is 5.53. The highest BCUT2D eigenvalue weighted by atomic mass is 16.5. The summed E-state index contributed by atoms with van der Waals surface area (Å²) in [6, 6.07) is 5.81. The highest BCUT2D eigenvalue weighted by Gasteiger charge is 2.25. The van der Waals surface area contributed by atoms with Crippen molar-refractivity contribution >= 4 is 5.78 Å². The van der Waals surface area contributed by atoms with Crippen molar-refractivity contribution in [3.05, 3.63) is 28.8 Å². The molecule has 0 saturated heterocycles. The molecule has 0 heterocycles. The Balaban J connectivity index is 2.01. The van der Waals surface area contributed by atoms with Crippen molar-refractivity contribution in [2.45, 2.75) is 33.1 Å². The second kappa shape index (κ2) is 5.22. The Labute approximate surface area is 107 Å². The van der Waals surface area contributed by atoms with Crippen LogP contribution in [0.15, 0.2) is 12.1 Å². The average molecular weight is 243 g/mol. The van der Waals surface area contributed by atoms with E-state index < -0.39 is 0 Å². The highest BCUT2D eigenvalue weighted by Crippen LogP contribution is 2.27. The van der Waals surface area contributed by atoms with E-state index in [0.717, 1.165) is 30.4 Å². The summed E-state index contributed by atoms with van der Waals surface area (Å²) in [4.78, 5) is 11.7. The first-order chi connectivity index (χ1) is 8.61. The fraction of sp³-hybridized carbons (Fsp3) is 0.467. The van der Waals surface area contributed by atoms with Gasteiger partial charge in [-0.05, 0) is 49.9 Å². The summed E-state index contributed by atoms with van der Waals surface area (Å²) in [6.07, 6.45) is 3.17. The fourth-order valence-corrected chi connectivity index (χ4v) is 2.19. The summed E-state index contributed by atoms with van der Waals surface area (Å²) in [7, 11) is 0. The molecule has 0 aliphatic heterocycles. The number of carbonyl (C=O) groups is 1. The van der Waals surface area contributed by atoms with Crippen LogP contribution in [0, 0.1) is 31.1 Å². The van der Waals surface area contributed by atoms with Gasteiger partial charge in [0.2, 0.25) is 0 Å². The summed E-state index contributed by atoms with van der Waals surface area (Å²) in [6.45, 7) is 3.91. The predicted octanol–water partition coefficient (Wildman–Crippen LogP) is 2.92. The number of nitrogens with zero attached hydrogens (tertiary/aromatic N) is 1. The first-order valence-corrected chi connectivity index (χ1v) is 6.28. The maximum absolute atomic E-state index is 11.7. The number of aryl methyl sites for hydroxylation is 2. The Bertz CT molecular complexity index is 487. The maximum atomic E-state index is 11.7. The lowest BCUT2D eigenvalue weighted by Crippen LogP contribution is -2.26. The Morgan fingerprint density at radius 1 is 1.39 bits per heavy atom. The molecule has 0 unspecified atom stereocenters. The van der Waals surface area contributed by atoms with E-state index in [1.54, 1.807) is 0 Å². The van der Waals surface area contributed by atoms with Gasteiger partial charge in [0.15, 0.2) is 5.78 Å². The second-order valence-corrected chi connectivity index (χ2v) is 4.93. The number of Topliss-reactive ketones (excluding diaryl/α,β-unsaturated/α-hetero) is 1. The van der Waals surface area contributed by atoms with Crippen molar-refractivity contribution < 1.29 is 9.53 Å². The molecular formula is C15H17NO2. The molecule has 1 aromatic carbocycles. The molecule has 94 valence electrons. The van der Waals surface area contributed by atoms with Gasteiger partial charge in [0.25, 0.3) is 0 Å². The van der Waals surface area contributed by atoms with Crippen molar-refractivity contribution in [2.75, 3.05) is 6.61 Å². The SMILES string of the molecule is Cc1cc(OCC(=O)C2CCC2)cc(C)c1C#N. The van der Waals surface area contributed by atoms with Gasteiger partial charge >= 0.3 is 0 Å². The second-order valence-electron chi connectivity index (χ2n) is 4.93. The van der Waals surface area contributed by atoms with Gasteiger partial charge in [-0.15, -0.1) is 0 Å². The normalized spacial score (nSPS) is 14.7. The van der Waals surface area contributed by atoms with E-state index in [0.29, 0.717) is 11.3 Å². The number of nitriles is 1. The zero-order valence-corrected chi connectivity index (χ0v) is 10.8. The third kappa shape index (κ3) is 2.53. The number of ketones is 1. The Morgan fingerprint density at radius 2 is 2.00 bits per heavy atom. The number of benzene rings is 1. The first-order valence-electron chi connectivity index (χ1n) is 6.28. The number of hydrogen-bond acceptors (Lipinski definition) is 3. The third-order valence-electron chi connectivity index (χ3n) is 3.56. The van der Waals surface area contributed by atoms with Gasteiger partial charge in [0.1, 0.15) is 12.4 Å². The van der Waals surface area contributed by atoms with Crippen LogP contribution in [0.3, 0.4) is 0 Å². The average Bonchev–Trinajstić information content (AvgIpc) is 2.23. The summed E-state index contributed by atoms with van der Waals surface area (Å²) in [5.41, 5.74) is 2.47. The van der Waals surface area contributed by atoms with E-state index in [9.17, 15) is 4.79 Å². The molecular weight excluding hydrogens is 226 g/mol. The van der Waals surface area contributed by atoms with Crippen molar-refractivity contribution in [2.24, 2.45) is 5.92 Å². The molecule has 3 nitrogen and oxygen atoms in total. The lowest BCUT2D eigenvalue weighted by atomic mass is 9.82. The summed E-state index contributed by atoms with van der Waals surface area (Å²) in [5.74, 6) is 1.09. The van der Waals surface area contributed by atoms with Crippen LogP contribution in [0.25, 0.3) is 0 Å². The molecule has 0 atom stereocenters. The van der Waals surface area contributed by atoms with Crippen molar-refractivity contribution in [1.82, 2.24) is 0 Å². The zero-order chi connectivity index (χ0) is 13.1. The van der Waals surface area contributed by atoms with Crippen molar-refractivity contribution in [3.8, 4) is 11.8 Å². The Morgan fingerprint density at radius 3 is 2.44 bits per heavy atom. The first kappa shape index (κ1) is 12.6. The lowest BCUT2D eigenvalue weighted by molar-refractivity contribution is -0.127. The lowest BCUT2D eigenvalue weighted by Gasteiger charge is -2.23. The zero-order valence-electron chi connectivity index (χ0n) is 10.8. The Kier molecular flexibility index (Phi) is 3.66. The molecule has 0 N–H and O–H groups in total. The monoisotopic (exact) mass is 243 g/mol. The van der Waals surface area contributed by atoms with Crippen LogP contribution >= 0.6 is 0 Å². The molecule has 18 heavy (non-hydrogen) atoms. The van der Waals surface area contributed by atoms with Gasteiger partial charge in [-0.3, -0.25) is 4.79 Å². The predicted molar refractivity (Wildman–Crippen MR) is 68.5 cm³/mol. The van der Waals surface area contributed by atoms with Crippen LogP contribution in [0.1, 0.15) is 36.0 Å². The maximum Gasteiger partial charge on any atom is 0.173 e. The molecule has 0 bridgehead atoms.